The van der Waals surface area contributed by atoms with E-state index in [1.54, 1.807) is 24.3 Å². The molecule has 0 N–H and O–H groups in total. The Morgan fingerprint density at radius 1 is 1.19 bits per heavy atom. The molecule has 0 spiro atoms. The number of pyridine rings is 1. The van der Waals surface area contributed by atoms with Crippen LogP contribution in [0.1, 0.15) is 10.4 Å². The van der Waals surface area contributed by atoms with Gasteiger partial charge in [0.15, 0.2) is 6.29 Å². The van der Waals surface area contributed by atoms with E-state index in [4.69, 9.17) is 16.3 Å². The van der Waals surface area contributed by atoms with E-state index in [0.717, 1.165) is 6.29 Å². The van der Waals surface area contributed by atoms with Crippen molar-refractivity contribution < 1.29 is 9.53 Å². The van der Waals surface area contributed by atoms with Crippen molar-refractivity contribution in [3.8, 4) is 11.6 Å². The van der Waals surface area contributed by atoms with Gasteiger partial charge in [-0.15, -0.1) is 0 Å². The largest absolute Gasteiger partial charge is 0.437 e. The number of carbonyl (C=O) groups excluding carboxylic acids is 1. The maximum Gasteiger partial charge on any atom is 0.219 e. The number of hydrogen-bond donors (Lipinski definition) is 0. The maximum atomic E-state index is 10.4. The lowest BCUT2D eigenvalue weighted by molar-refractivity contribution is 0.112. The molecule has 0 atom stereocenters. The third-order valence-electron chi connectivity index (χ3n) is 1.95. The summed E-state index contributed by atoms with van der Waals surface area (Å²) in [4.78, 5) is 14.4. The smallest absolute Gasteiger partial charge is 0.219 e. The third-order valence-corrected chi connectivity index (χ3v) is 2.26. The molecule has 0 bridgehead atoms. The van der Waals surface area contributed by atoms with E-state index in [1.807, 2.05) is 12.1 Å². The van der Waals surface area contributed by atoms with Crippen LogP contribution in [0.3, 0.4) is 0 Å². The van der Waals surface area contributed by atoms with Crippen molar-refractivity contribution in [2.24, 2.45) is 0 Å². The second-order valence-corrected chi connectivity index (χ2v) is 3.49. The first-order chi connectivity index (χ1) is 7.79. The SMILES string of the molecule is O=Cc1ccc(Oc2ccccc2Cl)nc1. The van der Waals surface area contributed by atoms with E-state index >= 15 is 0 Å². The molecular weight excluding hydrogens is 226 g/mol. The van der Waals surface area contributed by atoms with Gasteiger partial charge >= 0.3 is 0 Å². The van der Waals surface area contributed by atoms with Gasteiger partial charge in [0.05, 0.1) is 5.02 Å². The van der Waals surface area contributed by atoms with Gasteiger partial charge in [-0.1, -0.05) is 23.7 Å². The fourth-order valence-corrected chi connectivity index (χ4v) is 1.34. The number of para-hydroxylation sites is 1. The van der Waals surface area contributed by atoms with Gasteiger partial charge in [0.2, 0.25) is 5.88 Å². The van der Waals surface area contributed by atoms with Gasteiger partial charge in [0.25, 0.3) is 0 Å². The number of benzene rings is 1. The molecule has 3 nitrogen and oxygen atoms in total. The van der Waals surface area contributed by atoms with Crippen LogP contribution >= 0.6 is 11.6 Å². The molecule has 1 heterocycles. The molecule has 80 valence electrons. The molecule has 0 aliphatic heterocycles. The van der Waals surface area contributed by atoms with E-state index in [2.05, 4.69) is 4.98 Å². The number of rotatable bonds is 3. The second-order valence-electron chi connectivity index (χ2n) is 3.08. The van der Waals surface area contributed by atoms with Crippen molar-refractivity contribution in [3.63, 3.8) is 0 Å². The molecule has 0 fully saturated rings. The highest BCUT2D eigenvalue weighted by Gasteiger charge is 2.02. The van der Waals surface area contributed by atoms with E-state index < -0.39 is 0 Å². The third kappa shape index (κ3) is 2.38. The molecule has 0 amide bonds. The normalized spacial score (nSPS) is 9.81. The standard InChI is InChI=1S/C12H8ClNO2/c13-10-3-1-2-4-11(10)16-12-6-5-9(8-15)7-14-12/h1-8H. The number of carbonyl (C=O) groups is 1. The highest BCUT2D eigenvalue weighted by molar-refractivity contribution is 6.32. The first-order valence-electron chi connectivity index (χ1n) is 4.63. The average molecular weight is 234 g/mol. The molecule has 16 heavy (non-hydrogen) atoms. The summed E-state index contributed by atoms with van der Waals surface area (Å²) in [6, 6.07) is 10.4. The van der Waals surface area contributed by atoms with Crippen LogP contribution in [0.25, 0.3) is 0 Å². The van der Waals surface area contributed by atoms with Crippen LogP contribution in [-0.4, -0.2) is 11.3 Å². The average Bonchev–Trinajstić information content (AvgIpc) is 2.33. The Morgan fingerprint density at radius 3 is 2.62 bits per heavy atom. The van der Waals surface area contributed by atoms with Crippen LogP contribution in [0.5, 0.6) is 11.6 Å². The zero-order valence-electron chi connectivity index (χ0n) is 8.26. The van der Waals surface area contributed by atoms with Crippen LogP contribution in [0, 0.1) is 0 Å². The minimum atomic E-state index is 0.402. The predicted octanol–water partition coefficient (Wildman–Crippen LogP) is 3.34. The topological polar surface area (TPSA) is 39.2 Å². The maximum absolute atomic E-state index is 10.4. The predicted molar refractivity (Wildman–Crippen MR) is 61.2 cm³/mol. The first kappa shape index (κ1) is 10.6. The van der Waals surface area contributed by atoms with Gasteiger partial charge in [-0.3, -0.25) is 4.79 Å². The Bertz CT molecular complexity index is 497. The summed E-state index contributed by atoms with van der Waals surface area (Å²) in [6.07, 6.45) is 2.17. The van der Waals surface area contributed by atoms with Crippen LogP contribution in [0.15, 0.2) is 42.6 Å². The van der Waals surface area contributed by atoms with Crippen molar-refractivity contribution in [3.05, 3.63) is 53.2 Å². The molecule has 4 heteroatoms. The fraction of sp³-hybridized carbons (Fsp3) is 0. The van der Waals surface area contributed by atoms with E-state index in [0.29, 0.717) is 22.2 Å². The van der Waals surface area contributed by atoms with Crippen LogP contribution in [0.2, 0.25) is 5.02 Å². The zero-order chi connectivity index (χ0) is 11.4. The summed E-state index contributed by atoms with van der Waals surface area (Å²) < 4.78 is 5.45. The van der Waals surface area contributed by atoms with E-state index in [9.17, 15) is 4.79 Å². The van der Waals surface area contributed by atoms with Crippen molar-refractivity contribution in [1.29, 1.82) is 0 Å². The molecule has 1 aromatic carbocycles. The molecular formula is C12H8ClNO2. The van der Waals surface area contributed by atoms with Crippen molar-refractivity contribution in [2.75, 3.05) is 0 Å². The zero-order valence-corrected chi connectivity index (χ0v) is 9.02. The monoisotopic (exact) mass is 233 g/mol. The molecule has 0 saturated carbocycles. The molecule has 1 aromatic heterocycles. The summed E-state index contributed by atoms with van der Waals surface area (Å²) in [5.74, 6) is 0.939. The van der Waals surface area contributed by atoms with Crippen LogP contribution in [-0.2, 0) is 0 Å². The minimum Gasteiger partial charge on any atom is -0.437 e. The molecule has 0 unspecified atom stereocenters. The van der Waals surface area contributed by atoms with Gasteiger partial charge < -0.3 is 4.74 Å². The first-order valence-corrected chi connectivity index (χ1v) is 5.01. The Balaban J connectivity index is 2.21. The van der Waals surface area contributed by atoms with Crippen molar-refractivity contribution in [2.45, 2.75) is 0 Å². The Labute approximate surface area is 97.7 Å². The number of aromatic nitrogens is 1. The number of nitrogens with zero attached hydrogens (tertiary/aromatic N) is 1. The van der Waals surface area contributed by atoms with Gasteiger partial charge in [0, 0.05) is 17.8 Å². The lowest BCUT2D eigenvalue weighted by atomic mass is 10.3. The highest BCUT2D eigenvalue weighted by atomic mass is 35.5. The van der Waals surface area contributed by atoms with E-state index in [1.165, 1.54) is 6.20 Å². The number of halogens is 1. The second kappa shape index (κ2) is 4.77. The van der Waals surface area contributed by atoms with Crippen molar-refractivity contribution >= 4 is 17.9 Å². The Morgan fingerprint density at radius 2 is 2.00 bits per heavy atom. The van der Waals surface area contributed by atoms with Crippen molar-refractivity contribution in [1.82, 2.24) is 4.98 Å². The minimum absolute atomic E-state index is 0.402. The molecule has 0 aliphatic carbocycles. The fourth-order valence-electron chi connectivity index (χ4n) is 1.16. The molecule has 0 saturated heterocycles. The number of ether oxygens (including phenoxy) is 1. The molecule has 0 radical (unpaired) electrons. The Hall–Kier alpha value is -1.87. The van der Waals surface area contributed by atoms with Gasteiger partial charge in [0.1, 0.15) is 5.75 Å². The summed E-state index contributed by atoms with van der Waals surface area (Å²) in [5.41, 5.74) is 0.506. The van der Waals surface area contributed by atoms with E-state index in [-0.39, 0.29) is 0 Å². The summed E-state index contributed by atoms with van der Waals surface area (Å²) in [6.45, 7) is 0. The Kier molecular flexibility index (Phi) is 3.17. The summed E-state index contributed by atoms with van der Waals surface area (Å²) in [5, 5.41) is 0.517. The van der Waals surface area contributed by atoms with Gasteiger partial charge in [-0.25, -0.2) is 4.98 Å². The molecule has 2 aromatic rings. The summed E-state index contributed by atoms with van der Waals surface area (Å²) in [7, 11) is 0. The van der Waals surface area contributed by atoms with Crippen LogP contribution < -0.4 is 4.74 Å². The molecule has 0 aliphatic rings. The van der Waals surface area contributed by atoms with Gasteiger partial charge in [-0.2, -0.15) is 0 Å². The highest BCUT2D eigenvalue weighted by Crippen LogP contribution is 2.27. The lowest BCUT2D eigenvalue weighted by Gasteiger charge is -2.05. The van der Waals surface area contributed by atoms with Crippen LogP contribution in [0.4, 0.5) is 0 Å². The number of hydrogen-bond acceptors (Lipinski definition) is 3. The lowest BCUT2D eigenvalue weighted by Crippen LogP contribution is -1.89. The molecule has 2 rings (SSSR count). The van der Waals surface area contributed by atoms with Gasteiger partial charge in [-0.05, 0) is 18.2 Å². The quantitative estimate of drug-likeness (QED) is 0.764. The number of aldehydes is 1. The summed E-state index contributed by atoms with van der Waals surface area (Å²) >= 11 is 5.92.